The Morgan fingerprint density at radius 2 is 1.92 bits per heavy atom. The topological polar surface area (TPSA) is 36.0 Å². The number of H-pyrrole nitrogens is 1. The highest BCUT2D eigenvalue weighted by molar-refractivity contribution is 5.27. The lowest BCUT2D eigenvalue weighted by Gasteiger charge is -2.01. The van der Waals surface area contributed by atoms with Crippen molar-refractivity contribution >= 4 is 0 Å². The second-order valence-electron chi connectivity index (χ2n) is 3.19. The number of aromatic amines is 1. The number of hydrogen-bond donors (Lipinski definition) is 2. The van der Waals surface area contributed by atoms with Crippen LogP contribution in [0.3, 0.4) is 0 Å². The highest BCUT2D eigenvalue weighted by Crippen LogP contribution is 2.19. The molecule has 0 bridgehead atoms. The Labute approximate surface area is 81.0 Å². The maximum absolute atomic E-state index is 8.83. The third-order valence-corrected chi connectivity index (χ3v) is 1.90. The molecular formula is C11H21NO. The van der Waals surface area contributed by atoms with Gasteiger partial charge in [0.2, 0.25) is 0 Å². The van der Waals surface area contributed by atoms with Gasteiger partial charge >= 0.3 is 0 Å². The summed E-state index contributed by atoms with van der Waals surface area (Å²) in [5.74, 6) is 0.534. The first-order valence-electron chi connectivity index (χ1n) is 4.94. The number of rotatable bonds is 2. The van der Waals surface area contributed by atoms with E-state index in [9.17, 15) is 0 Å². The SMILES string of the molecule is CC.Cc1[nH]c(CO)cc1C(C)C. The van der Waals surface area contributed by atoms with E-state index in [0.29, 0.717) is 5.92 Å². The van der Waals surface area contributed by atoms with Crippen LogP contribution < -0.4 is 0 Å². The van der Waals surface area contributed by atoms with Crippen molar-refractivity contribution in [2.45, 2.75) is 47.1 Å². The summed E-state index contributed by atoms with van der Waals surface area (Å²) in [6.07, 6.45) is 0. The molecule has 1 aromatic rings. The molecule has 2 N–H and O–H groups in total. The summed E-state index contributed by atoms with van der Waals surface area (Å²) >= 11 is 0. The van der Waals surface area contributed by atoms with Gasteiger partial charge in [0.1, 0.15) is 0 Å². The Morgan fingerprint density at radius 1 is 1.38 bits per heavy atom. The molecule has 1 heterocycles. The minimum absolute atomic E-state index is 0.105. The number of nitrogens with one attached hydrogen (secondary N) is 1. The molecule has 0 unspecified atom stereocenters. The summed E-state index contributed by atoms with van der Waals surface area (Å²) in [4.78, 5) is 3.13. The highest BCUT2D eigenvalue weighted by atomic mass is 16.3. The Hall–Kier alpha value is -0.760. The Balaban J connectivity index is 0.000000671. The lowest BCUT2D eigenvalue weighted by molar-refractivity contribution is 0.277. The second kappa shape index (κ2) is 5.81. The van der Waals surface area contributed by atoms with E-state index in [0.717, 1.165) is 5.69 Å². The number of aliphatic hydroxyl groups excluding tert-OH is 1. The van der Waals surface area contributed by atoms with E-state index in [-0.39, 0.29) is 6.61 Å². The zero-order chi connectivity index (χ0) is 10.4. The van der Waals surface area contributed by atoms with Gasteiger partial charge in [-0.2, -0.15) is 0 Å². The third kappa shape index (κ3) is 3.23. The van der Waals surface area contributed by atoms with E-state index in [2.05, 4.69) is 18.8 Å². The number of aliphatic hydroxyl groups is 1. The van der Waals surface area contributed by atoms with Crippen LogP contribution in [0.5, 0.6) is 0 Å². The van der Waals surface area contributed by atoms with E-state index < -0.39 is 0 Å². The quantitative estimate of drug-likeness (QED) is 0.726. The van der Waals surface area contributed by atoms with E-state index in [1.807, 2.05) is 26.8 Å². The highest BCUT2D eigenvalue weighted by Gasteiger charge is 2.06. The fourth-order valence-corrected chi connectivity index (χ4v) is 1.33. The normalized spacial score (nSPS) is 9.77. The molecule has 1 rings (SSSR count). The maximum atomic E-state index is 8.83. The molecule has 0 saturated heterocycles. The molecule has 13 heavy (non-hydrogen) atoms. The van der Waals surface area contributed by atoms with Crippen LogP contribution in [0.1, 0.15) is 50.6 Å². The molecule has 0 radical (unpaired) electrons. The van der Waals surface area contributed by atoms with Gasteiger partial charge in [-0.3, -0.25) is 0 Å². The molecule has 0 spiro atoms. The van der Waals surface area contributed by atoms with Crippen LogP contribution in [0.25, 0.3) is 0 Å². The minimum atomic E-state index is 0.105. The minimum Gasteiger partial charge on any atom is -0.390 e. The zero-order valence-corrected chi connectivity index (χ0v) is 9.31. The average molecular weight is 183 g/mol. The van der Waals surface area contributed by atoms with Crippen LogP contribution in [0.15, 0.2) is 6.07 Å². The predicted octanol–water partition coefficient (Wildman–Crippen LogP) is 2.97. The average Bonchev–Trinajstić information content (AvgIpc) is 2.50. The molecule has 0 aliphatic rings. The summed E-state index contributed by atoms with van der Waals surface area (Å²) in [6.45, 7) is 10.4. The van der Waals surface area contributed by atoms with Gasteiger partial charge in [0, 0.05) is 11.4 Å². The van der Waals surface area contributed by atoms with E-state index in [1.54, 1.807) is 0 Å². The molecular weight excluding hydrogens is 162 g/mol. The van der Waals surface area contributed by atoms with Crippen molar-refractivity contribution < 1.29 is 5.11 Å². The van der Waals surface area contributed by atoms with Crippen LogP contribution in [0, 0.1) is 6.92 Å². The zero-order valence-electron chi connectivity index (χ0n) is 9.31. The summed E-state index contributed by atoms with van der Waals surface area (Å²) in [5, 5.41) is 8.83. The van der Waals surface area contributed by atoms with E-state index >= 15 is 0 Å². The summed E-state index contributed by atoms with van der Waals surface area (Å²) in [6, 6.07) is 2.03. The van der Waals surface area contributed by atoms with Crippen molar-refractivity contribution in [3.8, 4) is 0 Å². The predicted molar refractivity (Wildman–Crippen MR) is 56.9 cm³/mol. The van der Waals surface area contributed by atoms with E-state index in [4.69, 9.17) is 5.11 Å². The molecule has 2 heteroatoms. The molecule has 0 atom stereocenters. The molecule has 0 fully saturated rings. The van der Waals surface area contributed by atoms with Crippen LogP contribution in [0.4, 0.5) is 0 Å². The summed E-state index contributed by atoms with van der Waals surface area (Å²) in [7, 11) is 0. The van der Waals surface area contributed by atoms with Gasteiger partial charge in [0.25, 0.3) is 0 Å². The third-order valence-electron chi connectivity index (χ3n) is 1.90. The number of hydrogen-bond acceptors (Lipinski definition) is 1. The van der Waals surface area contributed by atoms with Gasteiger partial charge in [-0.05, 0) is 24.5 Å². The molecule has 0 aromatic carbocycles. The lowest BCUT2D eigenvalue weighted by atomic mass is 10.0. The van der Waals surface area contributed by atoms with Crippen LogP contribution in [0.2, 0.25) is 0 Å². The van der Waals surface area contributed by atoms with Crippen molar-refractivity contribution in [2.75, 3.05) is 0 Å². The Bertz CT molecular complexity index is 238. The summed E-state index contributed by atoms with van der Waals surface area (Å²) in [5.41, 5.74) is 3.38. The fraction of sp³-hybridized carbons (Fsp3) is 0.636. The van der Waals surface area contributed by atoms with Crippen LogP contribution >= 0.6 is 0 Å². The van der Waals surface area contributed by atoms with Gasteiger partial charge in [-0.25, -0.2) is 0 Å². The molecule has 0 saturated carbocycles. The first kappa shape index (κ1) is 12.2. The number of aromatic nitrogens is 1. The molecule has 0 aliphatic carbocycles. The standard InChI is InChI=1S/C9H15NO.C2H6/c1-6(2)9-4-8(5-11)10-7(9)3;1-2/h4,6,10-11H,5H2,1-3H3;1-2H3. The molecule has 0 aliphatic heterocycles. The molecule has 2 nitrogen and oxygen atoms in total. The van der Waals surface area contributed by atoms with Crippen molar-refractivity contribution in [3.63, 3.8) is 0 Å². The van der Waals surface area contributed by atoms with Gasteiger partial charge in [-0.15, -0.1) is 0 Å². The molecule has 1 aromatic heterocycles. The number of aryl methyl sites for hydroxylation is 1. The monoisotopic (exact) mass is 183 g/mol. The maximum Gasteiger partial charge on any atom is 0.0830 e. The Morgan fingerprint density at radius 3 is 2.15 bits per heavy atom. The molecule has 76 valence electrons. The van der Waals surface area contributed by atoms with Gasteiger partial charge in [0.15, 0.2) is 0 Å². The van der Waals surface area contributed by atoms with Crippen molar-refractivity contribution in [1.29, 1.82) is 0 Å². The van der Waals surface area contributed by atoms with Crippen molar-refractivity contribution in [2.24, 2.45) is 0 Å². The van der Waals surface area contributed by atoms with Crippen LogP contribution in [-0.4, -0.2) is 10.1 Å². The van der Waals surface area contributed by atoms with E-state index in [1.165, 1.54) is 11.3 Å². The van der Waals surface area contributed by atoms with Gasteiger partial charge < -0.3 is 10.1 Å². The van der Waals surface area contributed by atoms with Crippen molar-refractivity contribution in [3.05, 3.63) is 23.0 Å². The first-order valence-corrected chi connectivity index (χ1v) is 4.94. The van der Waals surface area contributed by atoms with Gasteiger partial charge in [0.05, 0.1) is 6.61 Å². The van der Waals surface area contributed by atoms with Crippen LogP contribution in [-0.2, 0) is 6.61 Å². The lowest BCUT2D eigenvalue weighted by Crippen LogP contribution is -1.86. The molecule has 0 amide bonds. The van der Waals surface area contributed by atoms with Crippen molar-refractivity contribution in [1.82, 2.24) is 4.98 Å². The second-order valence-corrected chi connectivity index (χ2v) is 3.19. The summed E-state index contributed by atoms with van der Waals surface area (Å²) < 4.78 is 0. The fourth-order valence-electron chi connectivity index (χ4n) is 1.33. The largest absolute Gasteiger partial charge is 0.390 e. The Kier molecular flexibility index (Phi) is 5.47. The van der Waals surface area contributed by atoms with Gasteiger partial charge in [-0.1, -0.05) is 27.7 Å². The smallest absolute Gasteiger partial charge is 0.0830 e. The first-order chi connectivity index (χ1) is 6.15.